The molecule has 0 aliphatic rings. The fraction of sp³-hybridized carbons (Fsp3) is 0.233. The van der Waals surface area contributed by atoms with Gasteiger partial charge in [-0.3, -0.25) is 4.79 Å². The number of rotatable bonds is 8. The number of methoxy groups -OCH3 is 1. The maximum absolute atomic E-state index is 15.5. The van der Waals surface area contributed by atoms with Crippen LogP contribution in [0.5, 0.6) is 5.75 Å². The van der Waals surface area contributed by atoms with E-state index in [1.54, 1.807) is 19.9 Å². The van der Waals surface area contributed by atoms with Gasteiger partial charge in [0.1, 0.15) is 5.82 Å². The number of hydrogen-bond acceptors (Lipinski definition) is 5. The van der Waals surface area contributed by atoms with Gasteiger partial charge in [-0.15, -0.1) is 0 Å². The summed E-state index contributed by atoms with van der Waals surface area (Å²) in [6, 6.07) is 17.1. The zero-order chi connectivity index (χ0) is 28.5. The molecule has 4 rings (SSSR count). The Morgan fingerprint density at radius 3 is 2.26 bits per heavy atom. The molecule has 39 heavy (non-hydrogen) atoms. The predicted octanol–water partition coefficient (Wildman–Crippen LogP) is 5.11. The molecule has 204 valence electrons. The molecular weight excluding hydrogens is 522 g/mol. The van der Waals surface area contributed by atoms with Crippen molar-refractivity contribution in [2.24, 2.45) is 5.73 Å². The van der Waals surface area contributed by atoms with Crippen LogP contribution < -0.4 is 16.0 Å². The standard InChI is InChI=1S/C30H30F2N2O4S/c1-18-22(16-23-24(31)13-9-15-27(23)39(4,36)37)19(2)34(17-25(33)20-10-6-5-7-11-20)30(35)28(18)21-12-8-14-26(38-3)29(21)32/h5-15,25H,16-17,33H2,1-4H3. The van der Waals surface area contributed by atoms with Gasteiger partial charge in [0.2, 0.25) is 0 Å². The molecule has 1 heterocycles. The second-order valence-corrected chi connectivity index (χ2v) is 11.5. The summed E-state index contributed by atoms with van der Waals surface area (Å²) >= 11 is 0. The Morgan fingerprint density at radius 2 is 1.62 bits per heavy atom. The third-order valence-electron chi connectivity index (χ3n) is 7.02. The molecule has 0 amide bonds. The lowest BCUT2D eigenvalue weighted by atomic mass is 9.92. The van der Waals surface area contributed by atoms with Gasteiger partial charge in [-0.1, -0.05) is 48.5 Å². The highest BCUT2D eigenvalue weighted by atomic mass is 32.2. The van der Waals surface area contributed by atoms with Crippen LogP contribution in [0.3, 0.4) is 0 Å². The Hall–Kier alpha value is -3.82. The van der Waals surface area contributed by atoms with E-state index in [2.05, 4.69) is 0 Å². The number of aromatic nitrogens is 1. The quantitative estimate of drug-likeness (QED) is 0.328. The van der Waals surface area contributed by atoms with Crippen molar-refractivity contribution in [2.75, 3.05) is 13.4 Å². The fourth-order valence-electron chi connectivity index (χ4n) is 4.93. The van der Waals surface area contributed by atoms with Crippen molar-refractivity contribution in [3.8, 4) is 16.9 Å². The number of ether oxygens (including phenoxy) is 1. The van der Waals surface area contributed by atoms with E-state index in [0.29, 0.717) is 16.8 Å². The Kier molecular flexibility index (Phi) is 8.04. The second kappa shape index (κ2) is 11.1. The van der Waals surface area contributed by atoms with E-state index in [1.807, 2.05) is 30.3 Å². The van der Waals surface area contributed by atoms with Crippen LogP contribution in [-0.2, 0) is 22.8 Å². The van der Waals surface area contributed by atoms with Crippen LogP contribution >= 0.6 is 0 Å². The first-order chi connectivity index (χ1) is 18.5. The molecule has 0 spiro atoms. The molecule has 0 bridgehead atoms. The van der Waals surface area contributed by atoms with Gasteiger partial charge in [-0.25, -0.2) is 17.2 Å². The molecule has 1 unspecified atom stereocenters. The minimum absolute atomic E-state index is 0.0250. The van der Waals surface area contributed by atoms with Gasteiger partial charge in [0.15, 0.2) is 21.4 Å². The maximum atomic E-state index is 15.5. The molecule has 0 aliphatic carbocycles. The SMILES string of the molecule is COc1cccc(-c2c(C)c(Cc3c(F)cccc3S(C)(=O)=O)c(C)n(CC(N)c3ccccc3)c2=O)c1F. The largest absolute Gasteiger partial charge is 0.494 e. The van der Waals surface area contributed by atoms with E-state index in [0.717, 1.165) is 11.8 Å². The van der Waals surface area contributed by atoms with Crippen LogP contribution in [0.25, 0.3) is 11.1 Å². The van der Waals surface area contributed by atoms with Crippen molar-refractivity contribution >= 4 is 9.84 Å². The molecule has 0 fully saturated rings. The van der Waals surface area contributed by atoms with Crippen LogP contribution in [0, 0.1) is 25.5 Å². The van der Waals surface area contributed by atoms with Gasteiger partial charge < -0.3 is 15.0 Å². The summed E-state index contributed by atoms with van der Waals surface area (Å²) in [5, 5.41) is 0. The fourth-order valence-corrected chi connectivity index (χ4v) is 5.87. The first-order valence-electron chi connectivity index (χ1n) is 12.3. The van der Waals surface area contributed by atoms with E-state index in [9.17, 15) is 13.2 Å². The molecule has 0 saturated heterocycles. The lowest BCUT2D eigenvalue weighted by molar-refractivity contribution is 0.387. The van der Waals surface area contributed by atoms with Crippen LogP contribution in [-0.4, -0.2) is 26.4 Å². The van der Waals surface area contributed by atoms with Crippen molar-refractivity contribution in [3.05, 3.63) is 117 Å². The Balaban J connectivity index is 2.01. The minimum atomic E-state index is -3.76. The molecular formula is C30H30F2N2O4S. The first kappa shape index (κ1) is 28.2. The van der Waals surface area contributed by atoms with E-state index in [-0.39, 0.29) is 40.3 Å². The molecule has 0 radical (unpaired) electrons. The minimum Gasteiger partial charge on any atom is -0.494 e. The molecule has 2 N–H and O–H groups in total. The number of nitrogens with zero attached hydrogens (tertiary/aromatic N) is 1. The summed E-state index contributed by atoms with van der Waals surface area (Å²) in [5.41, 5.74) is 8.29. The van der Waals surface area contributed by atoms with Gasteiger partial charge in [0.25, 0.3) is 5.56 Å². The number of hydrogen-bond donors (Lipinski definition) is 1. The van der Waals surface area contributed by atoms with Crippen LogP contribution in [0.1, 0.15) is 34.0 Å². The average molecular weight is 553 g/mol. The first-order valence-corrected chi connectivity index (χ1v) is 14.2. The van der Waals surface area contributed by atoms with Gasteiger partial charge in [-0.05, 0) is 48.7 Å². The summed E-state index contributed by atoms with van der Waals surface area (Å²) in [6.07, 6.45) is 0.883. The molecule has 0 saturated carbocycles. The third-order valence-corrected chi connectivity index (χ3v) is 8.20. The summed E-state index contributed by atoms with van der Waals surface area (Å²) in [4.78, 5) is 13.8. The Morgan fingerprint density at radius 1 is 0.949 bits per heavy atom. The van der Waals surface area contributed by atoms with E-state index in [1.165, 1.54) is 42.0 Å². The summed E-state index contributed by atoms with van der Waals surface area (Å²) in [5.74, 6) is -1.43. The monoisotopic (exact) mass is 552 g/mol. The van der Waals surface area contributed by atoms with E-state index < -0.39 is 33.1 Å². The van der Waals surface area contributed by atoms with Crippen molar-refractivity contribution < 1.29 is 21.9 Å². The third kappa shape index (κ3) is 5.51. The van der Waals surface area contributed by atoms with E-state index >= 15 is 8.78 Å². The zero-order valence-corrected chi connectivity index (χ0v) is 23.0. The highest BCUT2D eigenvalue weighted by Crippen LogP contribution is 2.33. The van der Waals surface area contributed by atoms with Crippen molar-refractivity contribution in [1.82, 2.24) is 4.57 Å². The normalized spacial score (nSPS) is 12.4. The number of sulfone groups is 1. The lowest BCUT2D eigenvalue weighted by Gasteiger charge is -2.23. The van der Waals surface area contributed by atoms with Crippen molar-refractivity contribution in [2.45, 2.75) is 37.8 Å². The average Bonchev–Trinajstić information content (AvgIpc) is 2.90. The smallest absolute Gasteiger partial charge is 0.259 e. The van der Waals surface area contributed by atoms with Gasteiger partial charge in [0, 0.05) is 42.1 Å². The second-order valence-electron chi connectivity index (χ2n) is 9.48. The van der Waals surface area contributed by atoms with Crippen molar-refractivity contribution in [1.29, 1.82) is 0 Å². The molecule has 1 atom stereocenters. The molecule has 3 aromatic carbocycles. The number of halogens is 2. The Bertz CT molecular complexity index is 1700. The van der Waals surface area contributed by atoms with Gasteiger partial charge in [0.05, 0.1) is 17.6 Å². The van der Waals surface area contributed by atoms with E-state index in [4.69, 9.17) is 10.5 Å². The van der Waals surface area contributed by atoms with Crippen LogP contribution in [0.2, 0.25) is 0 Å². The summed E-state index contributed by atoms with van der Waals surface area (Å²) in [6.45, 7) is 3.42. The molecule has 6 nitrogen and oxygen atoms in total. The zero-order valence-electron chi connectivity index (χ0n) is 22.2. The number of pyridine rings is 1. The predicted molar refractivity (Wildman–Crippen MR) is 148 cm³/mol. The van der Waals surface area contributed by atoms with Crippen LogP contribution in [0.4, 0.5) is 8.78 Å². The summed E-state index contributed by atoms with van der Waals surface area (Å²) < 4.78 is 62.2. The van der Waals surface area contributed by atoms with Gasteiger partial charge in [-0.2, -0.15) is 0 Å². The maximum Gasteiger partial charge on any atom is 0.259 e. The summed E-state index contributed by atoms with van der Waals surface area (Å²) in [7, 11) is -2.43. The number of benzene rings is 3. The molecule has 9 heteroatoms. The number of nitrogens with two attached hydrogens (primary N) is 1. The Labute approximate surface area is 226 Å². The molecule has 0 aliphatic heterocycles. The molecule has 4 aromatic rings. The van der Waals surface area contributed by atoms with Crippen molar-refractivity contribution in [3.63, 3.8) is 0 Å². The van der Waals surface area contributed by atoms with Gasteiger partial charge >= 0.3 is 0 Å². The highest BCUT2D eigenvalue weighted by Gasteiger charge is 2.25. The topological polar surface area (TPSA) is 91.4 Å². The lowest BCUT2D eigenvalue weighted by Crippen LogP contribution is -2.31. The highest BCUT2D eigenvalue weighted by molar-refractivity contribution is 7.90. The molecule has 1 aromatic heterocycles. The van der Waals surface area contributed by atoms with Crippen LogP contribution in [0.15, 0.2) is 76.4 Å².